The highest BCUT2D eigenvalue weighted by Crippen LogP contribution is 2.04. The fourth-order valence-electron chi connectivity index (χ4n) is 0.926. The van der Waals surface area contributed by atoms with Crippen LogP contribution in [-0.2, 0) is 19.7 Å². The molecular weight excluding hydrogens is 122 g/mol. The zero-order valence-corrected chi connectivity index (χ0v) is 6.04. The van der Waals surface area contributed by atoms with Crippen LogP contribution in [-0.4, -0.2) is 25.5 Å². The van der Waals surface area contributed by atoms with Crippen LogP contribution >= 0.6 is 0 Å². The number of aryl methyl sites for hydroxylation is 1. The molecule has 0 fully saturated rings. The first kappa shape index (κ1) is 7.45. The van der Waals surface area contributed by atoms with E-state index >= 15 is 0 Å². The SMILES string of the molecule is [B]Cc1cn(C)nc1C[B]. The summed E-state index contributed by atoms with van der Waals surface area (Å²) in [6.45, 7) is 0. The second-order valence-corrected chi connectivity index (χ2v) is 2.18. The van der Waals surface area contributed by atoms with Crippen molar-refractivity contribution < 1.29 is 0 Å². The Balaban J connectivity index is 2.96. The second-order valence-electron chi connectivity index (χ2n) is 2.18. The van der Waals surface area contributed by atoms with Gasteiger partial charge in [0.25, 0.3) is 0 Å². The van der Waals surface area contributed by atoms with Gasteiger partial charge in [-0.1, -0.05) is 6.32 Å². The number of hydrogen-bond donors (Lipinski definition) is 0. The Labute approximate surface area is 63.4 Å². The van der Waals surface area contributed by atoms with Crippen molar-refractivity contribution in [2.45, 2.75) is 12.6 Å². The molecular formula is C6H8B2N2. The molecule has 0 amide bonds. The molecule has 1 rings (SSSR count). The molecule has 0 N–H and O–H groups in total. The molecule has 4 radical (unpaired) electrons. The van der Waals surface area contributed by atoms with Gasteiger partial charge in [0.15, 0.2) is 0 Å². The lowest BCUT2D eigenvalue weighted by Gasteiger charge is -1.91. The molecule has 0 spiro atoms. The summed E-state index contributed by atoms with van der Waals surface area (Å²) >= 11 is 0. The van der Waals surface area contributed by atoms with E-state index in [4.69, 9.17) is 15.7 Å². The molecule has 1 aromatic heterocycles. The van der Waals surface area contributed by atoms with E-state index in [1.807, 2.05) is 13.2 Å². The Kier molecular flexibility index (Phi) is 2.20. The van der Waals surface area contributed by atoms with E-state index in [2.05, 4.69) is 5.10 Å². The van der Waals surface area contributed by atoms with Gasteiger partial charge in [-0.05, 0) is 11.9 Å². The summed E-state index contributed by atoms with van der Waals surface area (Å²) in [6.07, 6.45) is 2.87. The zero-order valence-electron chi connectivity index (χ0n) is 6.04. The molecule has 0 aromatic carbocycles. The van der Waals surface area contributed by atoms with E-state index in [9.17, 15) is 0 Å². The summed E-state index contributed by atoms with van der Waals surface area (Å²) in [6, 6.07) is 0. The van der Waals surface area contributed by atoms with Crippen LogP contribution in [0.4, 0.5) is 0 Å². The molecule has 4 heteroatoms. The minimum Gasteiger partial charge on any atom is -0.275 e. The van der Waals surface area contributed by atoms with Crippen molar-refractivity contribution in [1.82, 2.24) is 9.78 Å². The monoisotopic (exact) mass is 130 g/mol. The van der Waals surface area contributed by atoms with Crippen molar-refractivity contribution in [3.05, 3.63) is 17.5 Å². The highest BCUT2D eigenvalue weighted by molar-refractivity contribution is 6.10. The maximum atomic E-state index is 5.43. The van der Waals surface area contributed by atoms with Crippen molar-refractivity contribution >= 4 is 15.7 Å². The predicted octanol–water partition coefficient (Wildman–Crippen LogP) is -0.243. The molecule has 0 bridgehead atoms. The summed E-state index contributed by atoms with van der Waals surface area (Å²) in [5.41, 5.74) is 1.93. The van der Waals surface area contributed by atoms with Crippen LogP contribution in [0.1, 0.15) is 11.3 Å². The van der Waals surface area contributed by atoms with Crippen LogP contribution in [0, 0.1) is 0 Å². The fraction of sp³-hybridized carbons (Fsp3) is 0.500. The number of hydrogen-bond acceptors (Lipinski definition) is 1. The average Bonchev–Trinajstić information content (AvgIpc) is 2.30. The predicted molar refractivity (Wildman–Crippen MR) is 42.1 cm³/mol. The van der Waals surface area contributed by atoms with E-state index < -0.39 is 0 Å². The van der Waals surface area contributed by atoms with Gasteiger partial charge in [-0.25, -0.2) is 0 Å². The molecule has 1 aromatic rings. The first-order valence-electron chi connectivity index (χ1n) is 3.19. The Morgan fingerprint density at radius 3 is 2.60 bits per heavy atom. The lowest BCUT2D eigenvalue weighted by atomic mass is 9.92. The van der Waals surface area contributed by atoms with Crippen molar-refractivity contribution in [2.24, 2.45) is 7.05 Å². The lowest BCUT2D eigenvalue weighted by molar-refractivity contribution is 0.754. The normalized spacial score (nSPS) is 10.1. The Hall–Kier alpha value is -0.660. The number of aromatic nitrogens is 2. The van der Waals surface area contributed by atoms with Crippen LogP contribution in [0.2, 0.25) is 0 Å². The van der Waals surface area contributed by atoms with Crippen molar-refractivity contribution in [3.63, 3.8) is 0 Å². The van der Waals surface area contributed by atoms with Gasteiger partial charge in [-0.3, -0.25) is 4.68 Å². The van der Waals surface area contributed by atoms with Crippen LogP contribution < -0.4 is 0 Å². The van der Waals surface area contributed by atoms with E-state index in [0.29, 0.717) is 12.6 Å². The smallest absolute Gasteiger partial charge is 0.0739 e. The topological polar surface area (TPSA) is 17.8 Å². The summed E-state index contributed by atoms with van der Waals surface area (Å²) in [4.78, 5) is 0. The largest absolute Gasteiger partial charge is 0.275 e. The first-order chi connectivity index (χ1) is 4.77. The van der Waals surface area contributed by atoms with Crippen LogP contribution in [0.25, 0.3) is 0 Å². The summed E-state index contributed by atoms with van der Waals surface area (Å²) in [5.74, 6) is 0. The maximum Gasteiger partial charge on any atom is 0.0739 e. The summed E-state index contributed by atoms with van der Waals surface area (Å²) in [5, 5.41) is 4.11. The number of nitrogens with zero attached hydrogens (tertiary/aromatic N) is 2. The standard InChI is InChI=1S/C6H8B2N2/c1-10-4-5(2-7)6(3-8)9-10/h4H,2-3H2,1H3. The van der Waals surface area contributed by atoms with Crippen LogP contribution in [0.15, 0.2) is 6.20 Å². The molecule has 0 atom stereocenters. The van der Waals surface area contributed by atoms with Crippen molar-refractivity contribution in [1.29, 1.82) is 0 Å². The van der Waals surface area contributed by atoms with Gasteiger partial charge >= 0.3 is 0 Å². The highest BCUT2D eigenvalue weighted by atomic mass is 15.2. The third-order valence-electron chi connectivity index (χ3n) is 1.41. The Morgan fingerprint density at radius 2 is 2.20 bits per heavy atom. The summed E-state index contributed by atoms with van der Waals surface area (Å²) < 4.78 is 1.73. The Morgan fingerprint density at radius 1 is 1.50 bits per heavy atom. The minimum atomic E-state index is 0.466. The molecule has 48 valence electrons. The van der Waals surface area contributed by atoms with E-state index in [-0.39, 0.29) is 0 Å². The molecule has 0 aliphatic heterocycles. The Bertz CT molecular complexity index is 198. The van der Waals surface area contributed by atoms with Crippen molar-refractivity contribution in [2.75, 3.05) is 0 Å². The molecule has 0 saturated carbocycles. The van der Waals surface area contributed by atoms with Gasteiger partial charge in [0.1, 0.15) is 0 Å². The third-order valence-corrected chi connectivity index (χ3v) is 1.41. The van der Waals surface area contributed by atoms with Gasteiger partial charge in [-0.2, -0.15) is 5.10 Å². The van der Waals surface area contributed by atoms with E-state index in [1.165, 1.54) is 0 Å². The van der Waals surface area contributed by atoms with Crippen LogP contribution in [0.3, 0.4) is 0 Å². The second kappa shape index (κ2) is 2.95. The van der Waals surface area contributed by atoms with E-state index in [0.717, 1.165) is 11.3 Å². The molecule has 0 saturated heterocycles. The minimum absolute atomic E-state index is 0.466. The third kappa shape index (κ3) is 1.25. The molecule has 1 heterocycles. The fourth-order valence-corrected chi connectivity index (χ4v) is 0.926. The van der Waals surface area contributed by atoms with Gasteiger partial charge in [-0.15, -0.1) is 0 Å². The van der Waals surface area contributed by atoms with Crippen LogP contribution in [0.5, 0.6) is 0 Å². The quantitative estimate of drug-likeness (QED) is 0.504. The maximum absolute atomic E-state index is 5.43. The van der Waals surface area contributed by atoms with Gasteiger partial charge < -0.3 is 0 Å². The molecule has 10 heavy (non-hydrogen) atoms. The van der Waals surface area contributed by atoms with Gasteiger partial charge in [0.05, 0.1) is 21.4 Å². The van der Waals surface area contributed by atoms with Gasteiger partial charge in [0, 0.05) is 13.2 Å². The molecule has 2 nitrogen and oxygen atoms in total. The highest BCUT2D eigenvalue weighted by Gasteiger charge is 2.00. The average molecular weight is 130 g/mol. The number of rotatable bonds is 2. The molecule has 0 aliphatic rings. The molecule has 0 unspecified atom stereocenters. The van der Waals surface area contributed by atoms with Gasteiger partial charge in [0.2, 0.25) is 0 Å². The zero-order chi connectivity index (χ0) is 7.56. The van der Waals surface area contributed by atoms with Crippen molar-refractivity contribution in [3.8, 4) is 0 Å². The summed E-state index contributed by atoms with van der Waals surface area (Å²) in [7, 11) is 12.7. The first-order valence-corrected chi connectivity index (χ1v) is 3.19. The molecule has 0 aliphatic carbocycles. The lowest BCUT2D eigenvalue weighted by Crippen LogP contribution is -1.92. The van der Waals surface area contributed by atoms with E-state index in [1.54, 1.807) is 4.68 Å².